The second-order valence-corrected chi connectivity index (χ2v) is 6.44. The maximum atomic E-state index is 11.3. The number of fused-ring (bicyclic) bond motifs is 1. The van der Waals surface area contributed by atoms with Crippen molar-refractivity contribution in [3.05, 3.63) is 46.0 Å². The molecule has 0 aliphatic heterocycles. The van der Waals surface area contributed by atoms with Crippen LogP contribution >= 0.6 is 0 Å². The average molecular weight is 315 g/mol. The topological polar surface area (TPSA) is 72.4 Å². The van der Waals surface area contributed by atoms with Crippen LogP contribution < -0.4 is 5.73 Å². The van der Waals surface area contributed by atoms with Gasteiger partial charge in [0.2, 0.25) is 0 Å². The lowest BCUT2D eigenvalue weighted by Gasteiger charge is -2.30. The molecule has 0 amide bonds. The summed E-state index contributed by atoms with van der Waals surface area (Å²) in [6.07, 6.45) is 0.778. The van der Waals surface area contributed by atoms with Crippen LogP contribution in [0.3, 0.4) is 0 Å². The van der Waals surface area contributed by atoms with E-state index in [1.54, 1.807) is 6.07 Å². The largest absolute Gasteiger partial charge is 0.398 e. The molecule has 0 unspecified atom stereocenters. The SMILES string of the molecule is CC(C)N(CCc1c(N)cc([N+](=O)[O-])c2ccccc12)C(C)C. The highest BCUT2D eigenvalue weighted by atomic mass is 16.6. The van der Waals surface area contributed by atoms with Gasteiger partial charge in [0.15, 0.2) is 0 Å². The summed E-state index contributed by atoms with van der Waals surface area (Å²) in [6, 6.07) is 9.82. The average Bonchev–Trinajstić information content (AvgIpc) is 2.48. The minimum absolute atomic E-state index is 0.0754. The van der Waals surface area contributed by atoms with Crippen LogP contribution in [0.4, 0.5) is 11.4 Å². The molecular weight excluding hydrogens is 290 g/mol. The Morgan fingerprint density at radius 2 is 1.70 bits per heavy atom. The van der Waals surface area contributed by atoms with Crippen LogP contribution in [0.1, 0.15) is 33.3 Å². The molecule has 2 aromatic carbocycles. The predicted octanol–water partition coefficient (Wildman–Crippen LogP) is 3.99. The lowest BCUT2D eigenvalue weighted by atomic mass is 9.98. The fraction of sp³-hybridized carbons (Fsp3) is 0.444. The molecule has 0 radical (unpaired) electrons. The van der Waals surface area contributed by atoms with Gasteiger partial charge in [-0.3, -0.25) is 15.0 Å². The highest BCUT2D eigenvalue weighted by Crippen LogP contribution is 2.33. The Balaban J connectivity index is 2.44. The Labute approximate surface area is 137 Å². The zero-order valence-electron chi connectivity index (χ0n) is 14.2. The van der Waals surface area contributed by atoms with Gasteiger partial charge in [-0.2, -0.15) is 0 Å². The van der Waals surface area contributed by atoms with Crippen molar-refractivity contribution in [2.75, 3.05) is 12.3 Å². The molecule has 124 valence electrons. The zero-order chi connectivity index (χ0) is 17.1. The summed E-state index contributed by atoms with van der Waals surface area (Å²) in [6.45, 7) is 9.59. The molecule has 23 heavy (non-hydrogen) atoms. The number of anilines is 1. The third-order valence-electron chi connectivity index (χ3n) is 4.31. The van der Waals surface area contributed by atoms with E-state index in [0.717, 1.165) is 23.9 Å². The molecule has 0 saturated carbocycles. The van der Waals surface area contributed by atoms with E-state index in [0.29, 0.717) is 23.2 Å². The molecule has 2 rings (SSSR count). The highest BCUT2D eigenvalue weighted by Gasteiger charge is 2.19. The minimum atomic E-state index is -0.364. The van der Waals surface area contributed by atoms with E-state index >= 15 is 0 Å². The number of rotatable bonds is 6. The summed E-state index contributed by atoms with van der Waals surface area (Å²) in [4.78, 5) is 13.3. The molecule has 5 nitrogen and oxygen atoms in total. The van der Waals surface area contributed by atoms with Crippen LogP contribution in [0.2, 0.25) is 0 Å². The summed E-state index contributed by atoms with van der Waals surface area (Å²) in [5, 5.41) is 12.8. The number of nitro groups is 1. The molecule has 0 aliphatic carbocycles. The highest BCUT2D eigenvalue weighted by molar-refractivity contribution is 5.96. The van der Waals surface area contributed by atoms with Crippen molar-refractivity contribution in [2.45, 2.75) is 46.2 Å². The monoisotopic (exact) mass is 315 g/mol. The van der Waals surface area contributed by atoms with E-state index in [9.17, 15) is 10.1 Å². The number of nitrogen functional groups attached to an aromatic ring is 1. The van der Waals surface area contributed by atoms with Crippen LogP contribution in [0.15, 0.2) is 30.3 Å². The van der Waals surface area contributed by atoms with E-state index in [1.807, 2.05) is 18.2 Å². The van der Waals surface area contributed by atoms with Gasteiger partial charge < -0.3 is 5.73 Å². The second kappa shape index (κ2) is 6.96. The van der Waals surface area contributed by atoms with Crippen LogP contribution in [-0.2, 0) is 6.42 Å². The Morgan fingerprint density at radius 1 is 1.13 bits per heavy atom. The fourth-order valence-corrected chi connectivity index (χ4v) is 3.22. The van der Waals surface area contributed by atoms with E-state index in [2.05, 4.69) is 32.6 Å². The van der Waals surface area contributed by atoms with Crippen LogP contribution in [0, 0.1) is 10.1 Å². The van der Waals surface area contributed by atoms with Gasteiger partial charge in [0.25, 0.3) is 5.69 Å². The number of nitro benzene ring substituents is 1. The lowest BCUT2D eigenvalue weighted by molar-refractivity contribution is -0.383. The van der Waals surface area contributed by atoms with Crippen LogP contribution in [-0.4, -0.2) is 28.5 Å². The molecule has 0 spiro atoms. The van der Waals surface area contributed by atoms with Crippen molar-refractivity contribution in [2.24, 2.45) is 0 Å². The molecule has 2 N–H and O–H groups in total. The molecule has 5 heteroatoms. The number of benzene rings is 2. The molecule has 0 heterocycles. The Kier molecular flexibility index (Phi) is 5.21. The van der Waals surface area contributed by atoms with Crippen molar-refractivity contribution in [1.29, 1.82) is 0 Å². The van der Waals surface area contributed by atoms with Gasteiger partial charge in [0.1, 0.15) is 0 Å². The first-order valence-electron chi connectivity index (χ1n) is 8.03. The van der Waals surface area contributed by atoms with Gasteiger partial charge in [-0.1, -0.05) is 18.2 Å². The minimum Gasteiger partial charge on any atom is -0.398 e. The van der Waals surface area contributed by atoms with E-state index < -0.39 is 0 Å². The fourth-order valence-electron chi connectivity index (χ4n) is 3.22. The predicted molar refractivity (Wildman–Crippen MR) is 95.7 cm³/mol. The number of nitrogens with two attached hydrogens (primary N) is 1. The molecule has 0 bridgehead atoms. The first kappa shape index (κ1) is 17.2. The summed E-state index contributed by atoms with van der Waals surface area (Å²) in [5.74, 6) is 0. The molecule has 2 aromatic rings. The van der Waals surface area contributed by atoms with Crippen molar-refractivity contribution in [1.82, 2.24) is 4.90 Å². The van der Waals surface area contributed by atoms with Gasteiger partial charge >= 0.3 is 0 Å². The summed E-state index contributed by atoms with van der Waals surface area (Å²) in [5.41, 5.74) is 7.72. The first-order valence-corrected chi connectivity index (χ1v) is 8.03. The van der Waals surface area contributed by atoms with Crippen molar-refractivity contribution in [3.8, 4) is 0 Å². The third-order valence-corrected chi connectivity index (χ3v) is 4.31. The molecule has 0 saturated heterocycles. The smallest absolute Gasteiger partial charge is 0.279 e. The normalized spacial score (nSPS) is 11.8. The van der Waals surface area contributed by atoms with Gasteiger partial charge in [0, 0.05) is 30.4 Å². The Bertz CT molecular complexity index is 703. The maximum absolute atomic E-state index is 11.3. The molecule has 0 aromatic heterocycles. The maximum Gasteiger partial charge on any atom is 0.279 e. The molecule has 0 atom stereocenters. The van der Waals surface area contributed by atoms with Crippen molar-refractivity contribution in [3.63, 3.8) is 0 Å². The summed E-state index contributed by atoms with van der Waals surface area (Å²) >= 11 is 0. The van der Waals surface area contributed by atoms with Gasteiger partial charge in [0.05, 0.1) is 10.3 Å². The summed E-state index contributed by atoms with van der Waals surface area (Å²) < 4.78 is 0. The number of non-ortho nitro benzene ring substituents is 1. The van der Waals surface area contributed by atoms with E-state index in [-0.39, 0.29) is 10.6 Å². The molecule has 0 aliphatic rings. The van der Waals surface area contributed by atoms with E-state index in [4.69, 9.17) is 5.73 Å². The zero-order valence-corrected chi connectivity index (χ0v) is 14.2. The second-order valence-electron chi connectivity index (χ2n) is 6.44. The standard InChI is InChI=1S/C18H25N3O2/c1-12(2)20(13(3)4)10-9-15-14-7-5-6-8-16(14)18(21(22)23)11-17(15)19/h5-8,11-13H,9-10,19H2,1-4H3. The number of hydrogen-bond donors (Lipinski definition) is 1. The third kappa shape index (κ3) is 3.62. The van der Waals surface area contributed by atoms with Gasteiger partial charge in [-0.15, -0.1) is 0 Å². The quantitative estimate of drug-likeness (QED) is 0.497. The van der Waals surface area contributed by atoms with Crippen LogP contribution in [0.25, 0.3) is 10.8 Å². The Hall–Kier alpha value is -2.14. The number of hydrogen-bond acceptors (Lipinski definition) is 4. The van der Waals surface area contributed by atoms with Gasteiger partial charge in [-0.25, -0.2) is 0 Å². The first-order chi connectivity index (χ1) is 10.8. The lowest BCUT2D eigenvalue weighted by Crippen LogP contribution is -2.38. The summed E-state index contributed by atoms with van der Waals surface area (Å²) in [7, 11) is 0. The molecule has 0 fully saturated rings. The van der Waals surface area contributed by atoms with Crippen LogP contribution in [0.5, 0.6) is 0 Å². The van der Waals surface area contributed by atoms with Crippen molar-refractivity contribution >= 4 is 22.1 Å². The van der Waals surface area contributed by atoms with Crippen molar-refractivity contribution < 1.29 is 4.92 Å². The Morgan fingerprint density at radius 3 is 2.22 bits per heavy atom. The number of nitrogens with zero attached hydrogens (tertiary/aromatic N) is 2. The van der Waals surface area contributed by atoms with Gasteiger partial charge in [-0.05, 0) is 51.1 Å². The van der Waals surface area contributed by atoms with E-state index in [1.165, 1.54) is 6.07 Å². The molecular formula is C18H25N3O2.